The molecule has 6 heteroatoms. The molecule has 0 unspecified atom stereocenters. The van der Waals surface area contributed by atoms with Crippen molar-refractivity contribution in [3.05, 3.63) is 66.6 Å². The van der Waals surface area contributed by atoms with E-state index in [0.29, 0.717) is 12.4 Å². The van der Waals surface area contributed by atoms with Gasteiger partial charge in [-0.05, 0) is 30.5 Å². The van der Waals surface area contributed by atoms with Crippen LogP contribution < -0.4 is 10.2 Å². The number of urea groups is 1. The molecule has 29 heavy (non-hydrogen) atoms. The number of carbonyl (C=O) groups excluding carboxylic acids is 1. The second kappa shape index (κ2) is 8.90. The fraction of sp³-hybridized carbons (Fsp3) is 0.348. The molecule has 2 heterocycles. The van der Waals surface area contributed by atoms with Crippen LogP contribution in [0.15, 0.2) is 61.1 Å². The van der Waals surface area contributed by atoms with Crippen molar-refractivity contribution in [1.82, 2.24) is 20.1 Å². The van der Waals surface area contributed by atoms with Gasteiger partial charge < -0.3 is 5.32 Å². The quantitative estimate of drug-likeness (QED) is 0.697. The van der Waals surface area contributed by atoms with E-state index < -0.39 is 0 Å². The highest BCUT2D eigenvalue weighted by Crippen LogP contribution is 2.28. The molecular weight excluding hydrogens is 362 g/mol. The Bertz CT molecular complexity index is 929. The van der Waals surface area contributed by atoms with Crippen LogP contribution in [0.1, 0.15) is 37.7 Å². The van der Waals surface area contributed by atoms with Crippen LogP contribution in [0, 0.1) is 0 Å². The van der Waals surface area contributed by atoms with Crippen molar-refractivity contribution in [3.8, 4) is 11.1 Å². The molecular formula is C23H27N5O. The third kappa shape index (κ3) is 4.65. The number of hydrogen-bond donors (Lipinski definition) is 1. The largest absolute Gasteiger partial charge is 0.334 e. The van der Waals surface area contributed by atoms with Gasteiger partial charge in [-0.3, -0.25) is 9.58 Å². The standard InChI is InChI=1S/C23H27N5O/c1-27-17-20(16-26-27)19-12-13-22(24-15-19)28(21-10-6-3-7-11-21)23(29)25-14-18-8-4-2-5-9-18/h2,4-5,8-9,12-13,15-17,21H,3,6-7,10-11,14H2,1H3,(H,25,29). The minimum Gasteiger partial charge on any atom is -0.334 e. The Morgan fingerprint density at radius 3 is 2.52 bits per heavy atom. The minimum atomic E-state index is -0.0811. The predicted molar refractivity (Wildman–Crippen MR) is 114 cm³/mol. The number of benzene rings is 1. The second-order valence-corrected chi connectivity index (χ2v) is 7.61. The van der Waals surface area contributed by atoms with Gasteiger partial charge in [0.05, 0.1) is 6.20 Å². The number of nitrogens with zero attached hydrogens (tertiary/aromatic N) is 4. The molecule has 1 aliphatic carbocycles. The summed E-state index contributed by atoms with van der Waals surface area (Å²) in [6, 6.07) is 14.1. The van der Waals surface area contributed by atoms with E-state index in [1.54, 1.807) is 4.68 Å². The Kier molecular flexibility index (Phi) is 5.89. The first-order valence-electron chi connectivity index (χ1n) is 10.3. The number of rotatable bonds is 5. The van der Waals surface area contributed by atoms with Crippen LogP contribution in [0.4, 0.5) is 10.6 Å². The van der Waals surface area contributed by atoms with E-state index in [1.807, 2.05) is 73.0 Å². The Labute approximate surface area is 171 Å². The van der Waals surface area contributed by atoms with E-state index in [9.17, 15) is 4.79 Å². The molecule has 2 aromatic heterocycles. The number of amides is 2. The summed E-state index contributed by atoms with van der Waals surface area (Å²) in [5.74, 6) is 0.704. The fourth-order valence-corrected chi connectivity index (χ4v) is 3.92. The van der Waals surface area contributed by atoms with Crippen LogP contribution in [0.25, 0.3) is 11.1 Å². The molecule has 0 radical (unpaired) electrons. The molecule has 3 aromatic rings. The maximum Gasteiger partial charge on any atom is 0.323 e. The van der Waals surface area contributed by atoms with E-state index in [-0.39, 0.29) is 12.1 Å². The van der Waals surface area contributed by atoms with E-state index in [4.69, 9.17) is 0 Å². The summed E-state index contributed by atoms with van der Waals surface area (Å²) in [7, 11) is 1.90. The highest BCUT2D eigenvalue weighted by molar-refractivity contribution is 5.91. The van der Waals surface area contributed by atoms with Gasteiger partial charge in [0.15, 0.2) is 0 Å². The molecule has 1 fully saturated rings. The molecule has 1 aliphatic rings. The Morgan fingerprint density at radius 1 is 1.07 bits per heavy atom. The van der Waals surface area contributed by atoms with Gasteiger partial charge in [-0.15, -0.1) is 0 Å². The number of aryl methyl sites for hydroxylation is 1. The van der Waals surface area contributed by atoms with E-state index in [1.165, 1.54) is 6.42 Å². The minimum absolute atomic E-state index is 0.0811. The average molecular weight is 390 g/mol. The molecule has 150 valence electrons. The van der Waals surface area contributed by atoms with Gasteiger partial charge >= 0.3 is 6.03 Å². The van der Waals surface area contributed by atoms with Crippen LogP contribution in [0.2, 0.25) is 0 Å². The molecule has 1 N–H and O–H groups in total. The number of anilines is 1. The first kappa shape index (κ1) is 19.2. The monoisotopic (exact) mass is 389 g/mol. The van der Waals surface area contributed by atoms with Crippen molar-refractivity contribution in [2.75, 3.05) is 4.90 Å². The zero-order valence-electron chi connectivity index (χ0n) is 16.8. The summed E-state index contributed by atoms with van der Waals surface area (Å²) in [6.45, 7) is 0.511. The molecule has 0 bridgehead atoms. The van der Waals surface area contributed by atoms with Crippen molar-refractivity contribution in [3.63, 3.8) is 0 Å². The van der Waals surface area contributed by atoms with Gasteiger partial charge in [0.1, 0.15) is 5.82 Å². The lowest BCUT2D eigenvalue weighted by atomic mass is 9.94. The van der Waals surface area contributed by atoms with Crippen LogP contribution >= 0.6 is 0 Å². The smallest absolute Gasteiger partial charge is 0.323 e. The van der Waals surface area contributed by atoms with Crippen LogP contribution in [0.5, 0.6) is 0 Å². The third-order valence-electron chi connectivity index (χ3n) is 5.48. The van der Waals surface area contributed by atoms with Gasteiger partial charge in [-0.1, -0.05) is 49.6 Å². The summed E-state index contributed by atoms with van der Waals surface area (Å²) in [6.07, 6.45) is 11.2. The van der Waals surface area contributed by atoms with Crippen molar-refractivity contribution in [1.29, 1.82) is 0 Å². The van der Waals surface area contributed by atoms with Gasteiger partial charge in [-0.2, -0.15) is 5.10 Å². The molecule has 4 rings (SSSR count). The van der Waals surface area contributed by atoms with Gasteiger partial charge in [-0.25, -0.2) is 9.78 Å². The van der Waals surface area contributed by atoms with Gasteiger partial charge in [0, 0.05) is 43.2 Å². The van der Waals surface area contributed by atoms with Crippen molar-refractivity contribution >= 4 is 11.8 Å². The molecule has 0 saturated heterocycles. The maximum atomic E-state index is 13.1. The van der Waals surface area contributed by atoms with E-state index in [2.05, 4.69) is 15.4 Å². The predicted octanol–water partition coefficient (Wildman–Crippen LogP) is 4.53. The van der Waals surface area contributed by atoms with Gasteiger partial charge in [0.25, 0.3) is 0 Å². The Morgan fingerprint density at radius 2 is 1.86 bits per heavy atom. The topological polar surface area (TPSA) is 63.1 Å². The number of pyridine rings is 1. The number of nitrogens with one attached hydrogen (secondary N) is 1. The average Bonchev–Trinajstić information content (AvgIpc) is 3.21. The SMILES string of the molecule is Cn1cc(-c2ccc(N(C(=O)NCc3ccccc3)C3CCCCC3)nc2)cn1. The maximum absolute atomic E-state index is 13.1. The molecule has 1 saturated carbocycles. The van der Waals surface area contributed by atoms with Crippen molar-refractivity contribution < 1.29 is 4.79 Å². The molecule has 6 nitrogen and oxygen atoms in total. The first-order chi connectivity index (χ1) is 14.2. The lowest BCUT2D eigenvalue weighted by Gasteiger charge is -2.33. The van der Waals surface area contributed by atoms with Crippen molar-refractivity contribution in [2.45, 2.75) is 44.7 Å². The number of hydrogen-bond acceptors (Lipinski definition) is 3. The Hall–Kier alpha value is -3.15. The highest BCUT2D eigenvalue weighted by atomic mass is 16.2. The lowest BCUT2D eigenvalue weighted by Crippen LogP contribution is -2.47. The summed E-state index contributed by atoms with van der Waals surface area (Å²) >= 11 is 0. The third-order valence-corrected chi connectivity index (χ3v) is 5.48. The zero-order valence-corrected chi connectivity index (χ0v) is 16.8. The molecule has 2 amide bonds. The van der Waals surface area contributed by atoms with Crippen LogP contribution in [-0.2, 0) is 13.6 Å². The van der Waals surface area contributed by atoms with E-state index in [0.717, 1.165) is 42.4 Å². The Balaban J connectivity index is 1.54. The second-order valence-electron chi connectivity index (χ2n) is 7.61. The summed E-state index contributed by atoms with van der Waals surface area (Å²) in [5, 5.41) is 7.30. The highest BCUT2D eigenvalue weighted by Gasteiger charge is 2.27. The zero-order chi connectivity index (χ0) is 20.1. The summed E-state index contributed by atoms with van der Waals surface area (Å²) < 4.78 is 1.77. The molecule has 1 aromatic carbocycles. The number of aromatic nitrogens is 3. The van der Waals surface area contributed by atoms with Crippen LogP contribution in [0.3, 0.4) is 0 Å². The molecule has 0 spiro atoms. The van der Waals surface area contributed by atoms with E-state index >= 15 is 0 Å². The molecule has 0 atom stereocenters. The lowest BCUT2D eigenvalue weighted by molar-refractivity contribution is 0.240. The fourth-order valence-electron chi connectivity index (χ4n) is 3.92. The summed E-state index contributed by atoms with van der Waals surface area (Å²) in [5.41, 5.74) is 3.10. The molecule has 0 aliphatic heterocycles. The van der Waals surface area contributed by atoms with Crippen molar-refractivity contribution in [2.24, 2.45) is 7.05 Å². The van der Waals surface area contributed by atoms with Gasteiger partial charge in [0.2, 0.25) is 0 Å². The number of carbonyl (C=O) groups is 1. The summed E-state index contributed by atoms with van der Waals surface area (Å²) in [4.78, 5) is 19.6. The first-order valence-corrected chi connectivity index (χ1v) is 10.3. The van der Waals surface area contributed by atoms with Crippen LogP contribution in [-0.4, -0.2) is 26.8 Å². The normalized spacial score (nSPS) is 14.5.